The number of benzene rings is 1. The average Bonchev–Trinajstić information content (AvgIpc) is 3.07. The monoisotopic (exact) mass is 374 g/mol. The van der Waals surface area contributed by atoms with Crippen LogP contribution in [0.1, 0.15) is 38.8 Å². The molecule has 2 amide bonds. The van der Waals surface area contributed by atoms with E-state index in [1.54, 1.807) is 24.3 Å². The van der Waals surface area contributed by atoms with E-state index < -0.39 is 5.97 Å². The fourth-order valence-electron chi connectivity index (χ4n) is 2.01. The maximum Gasteiger partial charge on any atom is 0.338 e. The van der Waals surface area contributed by atoms with Gasteiger partial charge >= 0.3 is 5.97 Å². The zero-order valence-electron chi connectivity index (χ0n) is 14.3. The highest BCUT2D eigenvalue weighted by molar-refractivity contribution is 7.14. The molecule has 0 aliphatic heterocycles. The van der Waals surface area contributed by atoms with Crippen molar-refractivity contribution in [1.82, 2.24) is 5.32 Å². The van der Waals surface area contributed by atoms with Crippen LogP contribution in [-0.2, 0) is 20.9 Å². The quantitative estimate of drug-likeness (QED) is 0.572. The van der Waals surface area contributed by atoms with E-state index in [1.807, 2.05) is 0 Å². The van der Waals surface area contributed by atoms with E-state index in [0.717, 1.165) is 4.88 Å². The van der Waals surface area contributed by atoms with E-state index in [9.17, 15) is 19.2 Å². The van der Waals surface area contributed by atoms with E-state index >= 15 is 0 Å². The Morgan fingerprint density at radius 2 is 1.65 bits per heavy atom. The summed E-state index contributed by atoms with van der Waals surface area (Å²) in [4.78, 5) is 47.2. The summed E-state index contributed by atoms with van der Waals surface area (Å²) < 4.78 is 5.03. The Hall–Kier alpha value is -3.00. The fraction of sp³-hybridized carbons (Fsp3) is 0.222. The Kier molecular flexibility index (Phi) is 6.62. The second-order valence-corrected chi connectivity index (χ2v) is 6.60. The molecule has 0 saturated heterocycles. The summed E-state index contributed by atoms with van der Waals surface area (Å²) in [6.07, 6.45) is 0. The van der Waals surface area contributed by atoms with E-state index in [0.29, 0.717) is 17.1 Å². The minimum Gasteiger partial charge on any atom is -0.454 e. The van der Waals surface area contributed by atoms with Crippen molar-refractivity contribution in [3.63, 3.8) is 0 Å². The van der Waals surface area contributed by atoms with Gasteiger partial charge in [0.2, 0.25) is 17.6 Å². The molecular weight excluding hydrogens is 356 g/mol. The van der Waals surface area contributed by atoms with E-state index in [1.165, 1.54) is 37.3 Å². The summed E-state index contributed by atoms with van der Waals surface area (Å²) in [5, 5.41) is 5.24. The van der Waals surface area contributed by atoms with Crippen molar-refractivity contribution in [2.45, 2.75) is 20.4 Å². The van der Waals surface area contributed by atoms with Gasteiger partial charge in [0.15, 0.2) is 6.61 Å². The summed E-state index contributed by atoms with van der Waals surface area (Å²) in [6.45, 7) is 2.79. The maximum atomic E-state index is 12.1. The van der Waals surface area contributed by atoms with E-state index in [-0.39, 0.29) is 29.8 Å². The van der Waals surface area contributed by atoms with Crippen molar-refractivity contribution in [2.24, 2.45) is 0 Å². The minimum absolute atomic E-state index is 0.148. The van der Waals surface area contributed by atoms with Crippen molar-refractivity contribution < 1.29 is 23.9 Å². The predicted molar refractivity (Wildman–Crippen MR) is 97.2 cm³/mol. The molecule has 0 spiro atoms. The van der Waals surface area contributed by atoms with Gasteiger partial charge in [0.25, 0.3) is 0 Å². The van der Waals surface area contributed by atoms with Crippen LogP contribution >= 0.6 is 11.3 Å². The number of hydrogen-bond donors (Lipinski definition) is 2. The van der Waals surface area contributed by atoms with Gasteiger partial charge in [-0.3, -0.25) is 14.4 Å². The molecule has 0 saturated carbocycles. The molecule has 1 heterocycles. The van der Waals surface area contributed by atoms with Gasteiger partial charge in [-0.2, -0.15) is 0 Å². The smallest absolute Gasteiger partial charge is 0.338 e. The number of Topliss-reactive ketones (excluding diaryl/α,β-unsaturated/α-hetero) is 1. The number of anilines is 1. The maximum absolute atomic E-state index is 12.1. The van der Waals surface area contributed by atoms with Crippen LogP contribution in [0.5, 0.6) is 0 Å². The number of carbonyl (C=O) groups excluding carboxylic acids is 4. The van der Waals surface area contributed by atoms with Gasteiger partial charge in [0, 0.05) is 24.4 Å². The summed E-state index contributed by atoms with van der Waals surface area (Å²) in [6, 6.07) is 9.56. The molecule has 8 heteroatoms. The number of thiophene rings is 1. The first kappa shape index (κ1) is 19.3. The molecule has 2 N–H and O–H groups in total. The molecule has 26 heavy (non-hydrogen) atoms. The lowest BCUT2D eigenvalue weighted by atomic mass is 10.2. The van der Waals surface area contributed by atoms with Crippen molar-refractivity contribution >= 4 is 40.6 Å². The van der Waals surface area contributed by atoms with Crippen molar-refractivity contribution in [3.8, 4) is 0 Å². The van der Waals surface area contributed by atoms with Crippen LogP contribution in [-0.4, -0.2) is 30.2 Å². The summed E-state index contributed by atoms with van der Waals surface area (Å²) in [7, 11) is 0. The van der Waals surface area contributed by atoms with Gasteiger partial charge in [0.1, 0.15) is 0 Å². The number of ether oxygens (including phenoxy) is 1. The van der Waals surface area contributed by atoms with Gasteiger partial charge in [-0.1, -0.05) is 0 Å². The molecule has 0 radical (unpaired) electrons. The van der Waals surface area contributed by atoms with Crippen molar-refractivity contribution in [3.05, 3.63) is 51.7 Å². The van der Waals surface area contributed by atoms with Crippen LogP contribution in [0.25, 0.3) is 0 Å². The zero-order valence-corrected chi connectivity index (χ0v) is 15.1. The van der Waals surface area contributed by atoms with Gasteiger partial charge < -0.3 is 15.4 Å². The molecule has 7 nitrogen and oxygen atoms in total. The molecule has 1 aromatic heterocycles. The summed E-state index contributed by atoms with van der Waals surface area (Å²) >= 11 is 1.24. The molecule has 1 aromatic carbocycles. The summed E-state index contributed by atoms with van der Waals surface area (Å²) in [5.74, 6) is -1.29. The first-order valence-electron chi connectivity index (χ1n) is 7.76. The predicted octanol–water partition coefficient (Wildman–Crippen LogP) is 2.38. The van der Waals surface area contributed by atoms with E-state index in [2.05, 4.69) is 10.6 Å². The third-order valence-corrected chi connectivity index (χ3v) is 4.35. The molecule has 0 aliphatic carbocycles. The first-order valence-corrected chi connectivity index (χ1v) is 8.58. The Morgan fingerprint density at radius 3 is 2.27 bits per heavy atom. The first-order chi connectivity index (χ1) is 12.3. The summed E-state index contributed by atoms with van der Waals surface area (Å²) in [5.41, 5.74) is 0.847. The number of rotatable bonds is 7. The van der Waals surface area contributed by atoms with Gasteiger partial charge in [-0.15, -0.1) is 11.3 Å². The third kappa shape index (κ3) is 5.82. The third-order valence-electron chi connectivity index (χ3n) is 3.22. The topological polar surface area (TPSA) is 102 Å². The van der Waals surface area contributed by atoms with Gasteiger partial charge in [-0.25, -0.2) is 4.79 Å². The Bertz CT molecular complexity index is 826. The number of nitrogens with one attached hydrogen (secondary N) is 2. The zero-order chi connectivity index (χ0) is 19.1. The Balaban J connectivity index is 1.87. The number of esters is 1. The number of carbonyl (C=O) groups is 4. The molecule has 0 fully saturated rings. The highest BCUT2D eigenvalue weighted by Crippen LogP contribution is 2.17. The number of ketones is 1. The molecular formula is C18H18N2O5S. The second kappa shape index (κ2) is 8.91. The molecule has 136 valence electrons. The van der Waals surface area contributed by atoms with Crippen LogP contribution in [0.4, 0.5) is 5.69 Å². The highest BCUT2D eigenvalue weighted by atomic mass is 32.1. The van der Waals surface area contributed by atoms with Gasteiger partial charge in [-0.05, 0) is 36.4 Å². The Morgan fingerprint density at radius 1 is 0.962 bits per heavy atom. The van der Waals surface area contributed by atoms with Crippen LogP contribution in [0, 0.1) is 0 Å². The molecule has 0 unspecified atom stereocenters. The normalized spacial score (nSPS) is 10.1. The van der Waals surface area contributed by atoms with E-state index in [4.69, 9.17) is 4.74 Å². The standard InChI is InChI=1S/C18H18N2O5S/c1-11(21)19-9-15-7-8-17(26-15)16(23)10-25-18(24)13-3-5-14(6-4-13)20-12(2)22/h3-8H,9-10H2,1-2H3,(H,19,21)(H,20,22). The van der Waals surface area contributed by atoms with Crippen molar-refractivity contribution in [2.75, 3.05) is 11.9 Å². The number of amides is 2. The molecule has 2 rings (SSSR count). The number of hydrogen-bond acceptors (Lipinski definition) is 6. The minimum atomic E-state index is -0.622. The largest absolute Gasteiger partial charge is 0.454 e. The molecule has 0 bridgehead atoms. The molecule has 2 aromatic rings. The second-order valence-electron chi connectivity index (χ2n) is 5.43. The molecule has 0 aliphatic rings. The Labute approximate surface area is 154 Å². The van der Waals surface area contributed by atoms with Crippen molar-refractivity contribution in [1.29, 1.82) is 0 Å². The van der Waals surface area contributed by atoms with Crippen LogP contribution in [0.15, 0.2) is 36.4 Å². The lowest BCUT2D eigenvalue weighted by molar-refractivity contribution is -0.119. The molecule has 0 atom stereocenters. The lowest BCUT2D eigenvalue weighted by Crippen LogP contribution is -2.18. The van der Waals surface area contributed by atoms with Crippen LogP contribution in [0.3, 0.4) is 0 Å². The van der Waals surface area contributed by atoms with Gasteiger partial charge in [0.05, 0.1) is 17.0 Å². The lowest BCUT2D eigenvalue weighted by Gasteiger charge is -2.05. The SMILES string of the molecule is CC(=O)NCc1ccc(C(=O)COC(=O)c2ccc(NC(C)=O)cc2)s1. The highest BCUT2D eigenvalue weighted by Gasteiger charge is 2.14. The fourth-order valence-corrected chi connectivity index (χ4v) is 2.88. The van der Waals surface area contributed by atoms with Crippen LogP contribution in [0.2, 0.25) is 0 Å². The average molecular weight is 374 g/mol. The van der Waals surface area contributed by atoms with Crippen LogP contribution < -0.4 is 10.6 Å².